The Kier molecular flexibility index (Phi) is 8.66. The number of benzene rings is 3. The van der Waals surface area contributed by atoms with Gasteiger partial charge in [0.25, 0.3) is 10.0 Å². The van der Waals surface area contributed by atoms with E-state index in [0.29, 0.717) is 5.75 Å². The largest absolute Gasteiger partial charge is 0.492 e. The molecule has 0 aliphatic carbocycles. The molecule has 3 rings (SSSR count). The van der Waals surface area contributed by atoms with Crippen molar-refractivity contribution in [1.29, 1.82) is 0 Å². The first-order chi connectivity index (χ1) is 17.0. The number of nitrogens with one attached hydrogen (secondary N) is 1. The van der Waals surface area contributed by atoms with Gasteiger partial charge in [-0.2, -0.15) is 0 Å². The molecule has 0 aliphatic heterocycles. The first-order valence-electron chi connectivity index (χ1n) is 10.8. The highest BCUT2D eigenvalue weighted by molar-refractivity contribution is 7.92. The van der Waals surface area contributed by atoms with Gasteiger partial charge in [-0.1, -0.05) is 18.2 Å². The summed E-state index contributed by atoms with van der Waals surface area (Å²) in [5, 5.41) is 2.60. The zero-order valence-corrected chi connectivity index (χ0v) is 21.3. The Morgan fingerprint density at radius 2 is 1.39 bits per heavy atom. The molecule has 0 atom stereocenters. The third kappa shape index (κ3) is 6.59. The zero-order valence-electron chi connectivity index (χ0n) is 19.7. The van der Waals surface area contributed by atoms with E-state index < -0.39 is 38.3 Å². The minimum absolute atomic E-state index is 0.0710. The molecule has 0 spiro atoms. The second kappa shape index (κ2) is 11.5. The van der Waals surface area contributed by atoms with Gasteiger partial charge in [0, 0.05) is 14.1 Å². The monoisotopic (exact) mass is 535 g/mol. The van der Waals surface area contributed by atoms with Gasteiger partial charge in [-0.15, -0.1) is 0 Å². The Bertz CT molecular complexity index is 1380. The third-order valence-corrected chi connectivity index (χ3v) is 8.65. The smallest absolute Gasteiger partial charge is 0.264 e. The number of anilines is 1. The maximum absolute atomic E-state index is 13.3. The quantitative estimate of drug-likeness (QED) is 0.378. The van der Waals surface area contributed by atoms with E-state index in [9.17, 15) is 26.0 Å². The average Bonchev–Trinajstić information content (AvgIpc) is 2.86. The maximum Gasteiger partial charge on any atom is 0.264 e. The molecule has 0 aromatic heterocycles. The van der Waals surface area contributed by atoms with Crippen LogP contribution in [0.4, 0.5) is 10.1 Å². The van der Waals surface area contributed by atoms with E-state index >= 15 is 0 Å². The maximum atomic E-state index is 13.3. The van der Waals surface area contributed by atoms with Crippen molar-refractivity contribution < 1.29 is 30.8 Å². The fourth-order valence-electron chi connectivity index (χ4n) is 3.11. The molecule has 0 bridgehead atoms. The van der Waals surface area contributed by atoms with E-state index in [2.05, 4.69) is 5.32 Å². The van der Waals surface area contributed by atoms with Crippen molar-refractivity contribution in [2.45, 2.75) is 9.79 Å². The number of carbonyl (C=O) groups excluding carboxylic acids is 1. The summed E-state index contributed by atoms with van der Waals surface area (Å²) in [7, 11) is -4.82. The van der Waals surface area contributed by atoms with Crippen LogP contribution in [0.1, 0.15) is 0 Å². The normalized spacial score (nSPS) is 11.8. The van der Waals surface area contributed by atoms with E-state index in [0.717, 1.165) is 32.9 Å². The van der Waals surface area contributed by atoms with E-state index in [1.54, 1.807) is 30.3 Å². The van der Waals surface area contributed by atoms with Crippen LogP contribution in [0.25, 0.3) is 0 Å². The van der Waals surface area contributed by atoms with Gasteiger partial charge in [0.05, 0.1) is 22.0 Å². The average molecular weight is 536 g/mol. The highest BCUT2D eigenvalue weighted by atomic mass is 32.2. The molecular weight excluding hydrogens is 509 g/mol. The summed E-state index contributed by atoms with van der Waals surface area (Å²) in [6.07, 6.45) is 0. The Hall–Kier alpha value is -3.48. The summed E-state index contributed by atoms with van der Waals surface area (Å²) in [5.41, 5.74) is 0.279. The first kappa shape index (κ1) is 27.1. The first-order valence-corrected chi connectivity index (χ1v) is 13.7. The predicted octanol–water partition coefficient (Wildman–Crippen LogP) is 2.47. The second-order valence-electron chi connectivity index (χ2n) is 7.76. The molecule has 192 valence electrons. The second-order valence-corrected chi connectivity index (χ2v) is 11.8. The van der Waals surface area contributed by atoms with Gasteiger partial charge in [0.1, 0.15) is 24.7 Å². The highest BCUT2D eigenvalue weighted by Crippen LogP contribution is 2.23. The SMILES string of the molecule is CN(C)S(=O)(=O)c1ccc(OCCNC(=O)CN(c2ccccc2)S(=O)(=O)c2ccc(F)cc2)cc1. The zero-order chi connectivity index (χ0) is 26.3. The summed E-state index contributed by atoms with van der Waals surface area (Å²) < 4.78 is 71.5. The fraction of sp³-hybridized carbons (Fsp3) is 0.208. The van der Waals surface area contributed by atoms with E-state index in [1.165, 1.54) is 38.4 Å². The lowest BCUT2D eigenvalue weighted by atomic mass is 10.3. The van der Waals surface area contributed by atoms with Gasteiger partial charge < -0.3 is 10.1 Å². The number of sulfonamides is 2. The number of rotatable bonds is 11. The Balaban J connectivity index is 1.61. The van der Waals surface area contributed by atoms with Crippen molar-refractivity contribution in [3.63, 3.8) is 0 Å². The molecule has 0 radical (unpaired) electrons. The Labute approximate surface area is 210 Å². The predicted molar refractivity (Wildman–Crippen MR) is 133 cm³/mol. The molecule has 0 saturated heterocycles. The molecule has 1 N–H and O–H groups in total. The Morgan fingerprint density at radius 1 is 0.833 bits per heavy atom. The number of ether oxygens (including phenoxy) is 1. The number of amides is 1. The minimum Gasteiger partial charge on any atom is -0.492 e. The van der Waals surface area contributed by atoms with Gasteiger partial charge in [-0.3, -0.25) is 9.10 Å². The lowest BCUT2D eigenvalue weighted by Crippen LogP contribution is -2.41. The molecule has 3 aromatic carbocycles. The standard InChI is InChI=1S/C24H26FN3O6S2/c1-27(2)35(30,31)22-14-10-21(11-15-22)34-17-16-26-24(29)18-28(20-6-4-3-5-7-20)36(32,33)23-12-8-19(25)9-13-23/h3-15H,16-18H2,1-2H3,(H,26,29). The summed E-state index contributed by atoms with van der Waals surface area (Å²) >= 11 is 0. The molecule has 36 heavy (non-hydrogen) atoms. The lowest BCUT2D eigenvalue weighted by molar-refractivity contribution is -0.119. The fourth-order valence-corrected chi connectivity index (χ4v) is 5.43. The Morgan fingerprint density at radius 3 is 1.97 bits per heavy atom. The topological polar surface area (TPSA) is 113 Å². The van der Waals surface area contributed by atoms with E-state index in [1.807, 2.05) is 0 Å². The van der Waals surface area contributed by atoms with E-state index in [-0.39, 0.29) is 28.6 Å². The van der Waals surface area contributed by atoms with Crippen LogP contribution in [0.15, 0.2) is 88.7 Å². The molecule has 9 nitrogen and oxygen atoms in total. The van der Waals surface area contributed by atoms with Crippen molar-refractivity contribution in [1.82, 2.24) is 9.62 Å². The van der Waals surface area contributed by atoms with Crippen LogP contribution < -0.4 is 14.4 Å². The molecule has 3 aromatic rings. The van der Waals surface area contributed by atoms with Gasteiger partial charge in [0.15, 0.2) is 0 Å². The summed E-state index contributed by atoms with van der Waals surface area (Å²) in [6.45, 7) is -0.349. The number of halogens is 1. The van der Waals surface area contributed by atoms with Crippen molar-refractivity contribution in [2.75, 3.05) is 38.1 Å². The van der Waals surface area contributed by atoms with Crippen LogP contribution >= 0.6 is 0 Å². The molecule has 1 amide bonds. The van der Waals surface area contributed by atoms with Gasteiger partial charge >= 0.3 is 0 Å². The molecule has 0 unspecified atom stereocenters. The van der Waals surface area contributed by atoms with Crippen molar-refractivity contribution in [3.8, 4) is 5.75 Å². The van der Waals surface area contributed by atoms with Crippen LogP contribution in [0.5, 0.6) is 5.75 Å². The molecular formula is C24H26FN3O6S2. The molecule has 0 heterocycles. The summed E-state index contributed by atoms with van der Waals surface area (Å²) in [5.74, 6) is -0.737. The molecule has 0 aliphatic rings. The number of nitrogens with zero attached hydrogens (tertiary/aromatic N) is 2. The summed E-state index contributed by atoms with van der Waals surface area (Å²) in [6, 6.07) is 18.3. The number of para-hydroxylation sites is 1. The van der Waals surface area contributed by atoms with Crippen molar-refractivity contribution >= 4 is 31.6 Å². The highest BCUT2D eigenvalue weighted by Gasteiger charge is 2.27. The van der Waals surface area contributed by atoms with Crippen LogP contribution in [0, 0.1) is 5.82 Å². The van der Waals surface area contributed by atoms with Gasteiger partial charge in [0.2, 0.25) is 15.9 Å². The molecule has 0 saturated carbocycles. The van der Waals surface area contributed by atoms with Gasteiger partial charge in [-0.05, 0) is 60.7 Å². The molecule has 12 heteroatoms. The number of hydrogen-bond donors (Lipinski definition) is 1. The minimum atomic E-state index is -4.14. The number of hydrogen-bond acceptors (Lipinski definition) is 6. The summed E-state index contributed by atoms with van der Waals surface area (Å²) in [4.78, 5) is 12.6. The van der Waals surface area contributed by atoms with Crippen LogP contribution in [-0.4, -0.2) is 60.8 Å². The lowest BCUT2D eigenvalue weighted by Gasteiger charge is -2.24. The van der Waals surface area contributed by atoms with E-state index in [4.69, 9.17) is 4.74 Å². The third-order valence-electron chi connectivity index (χ3n) is 5.03. The van der Waals surface area contributed by atoms with Crippen molar-refractivity contribution in [3.05, 3.63) is 84.7 Å². The van der Waals surface area contributed by atoms with Crippen LogP contribution in [0.3, 0.4) is 0 Å². The number of carbonyl (C=O) groups is 1. The molecule has 0 fully saturated rings. The van der Waals surface area contributed by atoms with Crippen LogP contribution in [-0.2, 0) is 24.8 Å². The van der Waals surface area contributed by atoms with Crippen LogP contribution in [0.2, 0.25) is 0 Å². The van der Waals surface area contributed by atoms with Gasteiger partial charge in [-0.25, -0.2) is 25.5 Å². The van der Waals surface area contributed by atoms with Crippen molar-refractivity contribution in [2.24, 2.45) is 0 Å².